The van der Waals surface area contributed by atoms with E-state index in [2.05, 4.69) is 27.4 Å². The highest BCUT2D eigenvalue weighted by Crippen LogP contribution is 2.47. The zero-order chi connectivity index (χ0) is 16.1. The van der Waals surface area contributed by atoms with Crippen LogP contribution in [-0.4, -0.2) is 42.9 Å². The number of hydrogen-bond donors (Lipinski definition) is 2. The van der Waals surface area contributed by atoms with Gasteiger partial charge in [-0.2, -0.15) is 0 Å². The second kappa shape index (κ2) is 7.02. The zero-order valence-electron chi connectivity index (χ0n) is 13.8. The van der Waals surface area contributed by atoms with Crippen LogP contribution in [0.5, 0.6) is 0 Å². The Morgan fingerprint density at radius 1 is 1.26 bits per heavy atom. The highest BCUT2D eigenvalue weighted by Gasteiger charge is 2.43. The van der Waals surface area contributed by atoms with Gasteiger partial charge in [0.2, 0.25) is 5.91 Å². The van der Waals surface area contributed by atoms with Gasteiger partial charge in [-0.15, -0.1) is 0 Å². The number of para-hydroxylation sites is 1. The molecular weight excluding hydrogens is 288 g/mol. The lowest BCUT2D eigenvalue weighted by Gasteiger charge is -2.38. The SMILES string of the molecule is CCNC(=NCC(=O)Nc1ccccc1)N1CCC2(CCC2)C1. The van der Waals surface area contributed by atoms with Crippen molar-refractivity contribution in [1.82, 2.24) is 10.2 Å². The summed E-state index contributed by atoms with van der Waals surface area (Å²) in [5.41, 5.74) is 1.34. The number of hydrogen-bond acceptors (Lipinski definition) is 2. The second-order valence-corrected chi connectivity index (χ2v) is 6.61. The average Bonchev–Trinajstić information content (AvgIpc) is 2.98. The van der Waals surface area contributed by atoms with Gasteiger partial charge in [0.25, 0.3) is 0 Å². The van der Waals surface area contributed by atoms with E-state index >= 15 is 0 Å². The van der Waals surface area contributed by atoms with Gasteiger partial charge in [-0.3, -0.25) is 4.79 Å². The van der Waals surface area contributed by atoms with Crippen LogP contribution in [-0.2, 0) is 4.79 Å². The summed E-state index contributed by atoms with van der Waals surface area (Å²) in [5, 5.41) is 6.20. The van der Waals surface area contributed by atoms with Gasteiger partial charge < -0.3 is 15.5 Å². The molecule has 124 valence electrons. The number of carbonyl (C=O) groups excluding carboxylic acids is 1. The second-order valence-electron chi connectivity index (χ2n) is 6.61. The summed E-state index contributed by atoms with van der Waals surface area (Å²) in [5.74, 6) is 0.795. The van der Waals surface area contributed by atoms with E-state index in [9.17, 15) is 4.79 Å². The molecule has 23 heavy (non-hydrogen) atoms. The molecule has 1 spiro atoms. The summed E-state index contributed by atoms with van der Waals surface area (Å²) in [7, 11) is 0. The van der Waals surface area contributed by atoms with Gasteiger partial charge in [0.05, 0.1) is 0 Å². The number of nitrogens with one attached hydrogen (secondary N) is 2. The highest BCUT2D eigenvalue weighted by molar-refractivity contribution is 5.94. The van der Waals surface area contributed by atoms with Crippen molar-refractivity contribution < 1.29 is 4.79 Å². The maximum Gasteiger partial charge on any atom is 0.246 e. The minimum absolute atomic E-state index is 0.0795. The Morgan fingerprint density at radius 2 is 2.04 bits per heavy atom. The van der Waals surface area contributed by atoms with Crippen LogP contribution in [0.15, 0.2) is 35.3 Å². The van der Waals surface area contributed by atoms with Gasteiger partial charge in [-0.25, -0.2) is 4.99 Å². The number of carbonyl (C=O) groups is 1. The Bertz CT molecular complexity index is 566. The van der Waals surface area contributed by atoms with E-state index in [4.69, 9.17) is 0 Å². The molecule has 1 saturated heterocycles. The van der Waals surface area contributed by atoms with Gasteiger partial charge >= 0.3 is 0 Å². The number of nitrogens with zero attached hydrogens (tertiary/aromatic N) is 2. The third-order valence-corrected chi connectivity index (χ3v) is 4.92. The molecule has 1 saturated carbocycles. The number of rotatable bonds is 4. The average molecular weight is 314 g/mol. The number of guanidine groups is 1. The maximum absolute atomic E-state index is 12.1. The third-order valence-electron chi connectivity index (χ3n) is 4.92. The van der Waals surface area contributed by atoms with Crippen LogP contribution < -0.4 is 10.6 Å². The largest absolute Gasteiger partial charge is 0.357 e. The topological polar surface area (TPSA) is 56.7 Å². The normalized spacial score (nSPS) is 19.5. The molecule has 2 N–H and O–H groups in total. The molecule has 0 radical (unpaired) electrons. The quantitative estimate of drug-likeness (QED) is 0.663. The fourth-order valence-corrected chi connectivity index (χ4v) is 3.50. The Morgan fingerprint density at radius 3 is 2.65 bits per heavy atom. The molecule has 1 amide bonds. The summed E-state index contributed by atoms with van der Waals surface area (Å²) < 4.78 is 0. The Balaban J connectivity index is 1.57. The molecule has 0 aromatic heterocycles. The van der Waals surface area contributed by atoms with E-state index in [-0.39, 0.29) is 12.5 Å². The third kappa shape index (κ3) is 3.84. The summed E-state index contributed by atoms with van der Waals surface area (Å²) in [6.45, 7) is 5.17. The molecule has 1 aliphatic carbocycles. The van der Waals surface area contributed by atoms with E-state index in [1.165, 1.54) is 25.7 Å². The number of aliphatic imine (C=N–C) groups is 1. The number of amides is 1. The molecule has 1 heterocycles. The lowest BCUT2D eigenvalue weighted by molar-refractivity contribution is -0.114. The smallest absolute Gasteiger partial charge is 0.246 e. The standard InChI is InChI=1S/C18H26N4O/c1-2-19-17(22-12-11-18(14-22)9-6-10-18)20-13-16(23)21-15-7-4-3-5-8-15/h3-5,7-8H,2,6,9-14H2,1H3,(H,19,20)(H,21,23). The zero-order valence-corrected chi connectivity index (χ0v) is 13.8. The van der Waals surface area contributed by atoms with Crippen molar-refractivity contribution >= 4 is 17.6 Å². The van der Waals surface area contributed by atoms with Crippen LogP contribution in [0.3, 0.4) is 0 Å². The minimum Gasteiger partial charge on any atom is -0.357 e. The van der Waals surface area contributed by atoms with Crippen LogP contribution in [0, 0.1) is 5.41 Å². The van der Waals surface area contributed by atoms with E-state index < -0.39 is 0 Å². The van der Waals surface area contributed by atoms with Gasteiger partial charge in [0.1, 0.15) is 6.54 Å². The van der Waals surface area contributed by atoms with E-state index in [0.29, 0.717) is 5.41 Å². The van der Waals surface area contributed by atoms with Crippen molar-refractivity contribution in [2.75, 3.05) is 31.5 Å². The molecule has 3 rings (SSSR count). The lowest BCUT2D eigenvalue weighted by Crippen LogP contribution is -2.43. The fraction of sp³-hybridized carbons (Fsp3) is 0.556. The van der Waals surface area contributed by atoms with E-state index in [1.807, 2.05) is 30.3 Å². The molecule has 2 aliphatic rings. The van der Waals surface area contributed by atoms with Gasteiger partial charge in [0.15, 0.2) is 5.96 Å². The van der Waals surface area contributed by atoms with Crippen molar-refractivity contribution in [3.63, 3.8) is 0 Å². The molecule has 5 nitrogen and oxygen atoms in total. The summed E-state index contributed by atoms with van der Waals surface area (Å²) >= 11 is 0. The monoisotopic (exact) mass is 314 g/mol. The summed E-state index contributed by atoms with van der Waals surface area (Å²) in [6.07, 6.45) is 5.31. The summed E-state index contributed by atoms with van der Waals surface area (Å²) in [6, 6.07) is 9.51. The van der Waals surface area contributed by atoms with E-state index in [1.54, 1.807) is 0 Å². The molecule has 1 aromatic carbocycles. The molecule has 1 aromatic rings. The fourth-order valence-electron chi connectivity index (χ4n) is 3.50. The number of anilines is 1. The molecule has 2 fully saturated rings. The van der Waals surface area contributed by atoms with Crippen molar-refractivity contribution in [2.45, 2.75) is 32.6 Å². The number of benzene rings is 1. The van der Waals surface area contributed by atoms with E-state index in [0.717, 1.165) is 31.3 Å². The Hall–Kier alpha value is -2.04. The molecule has 0 atom stereocenters. The predicted molar refractivity (Wildman–Crippen MR) is 93.5 cm³/mol. The van der Waals surface area contributed by atoms with Gasteiger partial charge in [-0.05, 0) is 43.7 Å². The van der Waals surface area contributed by atoms with Gasteiger partial charge in [-0.1, -0.05) is 24.6 Å². The Labute approximate surface area is 138 Å². The predicted octanol–water partition coefficient (Wildman–Crippen LogP) is 2.47. The first kappa shape index (κ1) is 15.8. The first-order valence-electron chi connectivity index (χ1n) is 8.59. The van der Waals surface area contributed by atoms with Crippen LogP contribution in [0.1, 0.15) is 32.6 Å². The first-order chi connectivity index (χ1) is 11.2. The molecule has 0 unspecified atom stereocenters. The van der Waals surface area contributed by atoms with Crippen LogP contribution in [0.2, 0.25) is 0 Å². The van der Waals surface area contributed by atoms with Gasteiger partial charge in [0, 0.05) is 25.3 Å². The highest BCUT2D eigenvalue weighted by atomic mass is 16.1. The molecule has 1 aliphatic heterocycles. The molecule has 5 heteroatoms. The van der Waals surface area contributed by atoms with Crippen LogP contribution in [0.25, 0.3) is 0 Å². The van der Waals surface area contributed by atoms with Crippen molar-refractivity contribution in [2.24, 2.45) is 10.4 Å². The molecular formula is C18H26N4O. The van der Waals surface area contributed by atoms with Crippen molar-refractivity contribution in [1.29, 1.82) is 0 Å². The van der Waals surface area contributed by atoms with Crippen LogP contribution >= 0.6 is 0 Å². The minimum atomic E-state index is -0.0795. The number of likely N-dealkylation sites (tertiary alicyclic amines) is 1. The lowest BCUT2D eigenvalue weighted by atomic mass is 9.68. The van der Waals surface area contributed by atoms with Crippen LogP contribution in [0.4, 0.5) is 5.69 Å². The van der Waals surface area contributed by atoms with Crippen molar-refractivity contribution in [3.8, 4) is 0 Å². The maximum atomic E-state index is 12.1. The first-order valence-corrected chi connectivity index (χ1v) is 8.59. The molecule has 0 bridgehead atoms. The summed E-state index contributed by atoms with van der Waals surface area (Å²) in [4.78, 5) is 18.9. The van der Waals surface area contributed by atoms with Crippen molar-refractivity contribution in [3.05, 3.63) is 30.3 Å². The Kier molecular flexibility index (Phi) is 4.84.